The fraction of sp³-hybridized carbons (Fsp3) is 0.111. The predicted molar refractivity (Wildman–Crippen MR) is 92.9 cm³/mol. The van der Waals surface area contributed by atoms with Crippen molar-refractivity contribution in [1.82, 2.24) is 0 Å². The summed E-state index contributed by atoms with van der Waals surface area (Å²) < 4.78 is 64.9. The van der Waals surface area contributed by atoms with Crippen LogP contribution in [0.1, 0.15) is 5.56 Å². The molecule has 3 rings (SSSR count). The van der Waals surface area contributed by atoms with Crippen LogP contribution in [0.15, 0.2) is 46.0 Å². The minimum absolute atomic E-state index is 0.223. The molecule has 2 nitrogen and oxygen atoms in total. The number of sulfone groups is 1. The highest BCUT2D eigenvalue weighted by Crippen LogP contribution is 2.37. The molecule has 2 aromatic carbocycles. The van der Waals surface area contributed by atoms with Crippen LogP contribution in [0.2, 0.25) is 0 Å². The fourth-order valence-electron chi connectivity index (χ4n) is 2.63. The second-order valence-electron chi connectivity index (χ2n) is 5.70. The van der Waals surface area contributed by atoms with Crippen LogP contribution >= 0.6 is 11.3 Å². The Morgan fingerprint density at radius 2 is 1.40 bits per heavy atom. The van der Waals surface area contributed by atoms with E-state index in [0.29, 0.717) is 22.3 Å². The summed E-state index contributed by atoms with van der Waals surface area (Å²) >= 11 is 1.33. The van der Waals surface area contributed by atoms with Crippen LogP contribution in [0, 0.1) is 24.4 Å². The molecule has 0 unspecified atom stereocenters. The summed E-state index contributed by atoms with van der Waals surface area (Å²) in [5.41, 5.74) is 2.64. The van der Waals surface area contributed by atoms with Gasteiger partial charge in [-0.05, 0) is 58.6 Å². The van der Waals surface area contributed by atoms with E-state index in [1.54, 1.807) is 29.8 Å². The molecular formula is C18H13F3O2S2. The highest BCUT2D eigenvalue weighted by atomic mass is 32.2. The molecule has 0 saturated heterocycles. The number of rotatable bonds is 3. The zero-order valence-electron chi connectivity index (χ0n) is 13.3. The summed E-state index contributed by atoms with van der Waals surface area (Å²) in [6.07, 6.45) is 0.755. The molecule has 0 saturated carbocycles. The Morgan fingerprint density at radius 1 is 0.840 bits per heavy atom. The number of hydrogen-bond acceptors (Lipinski definition) is 3. The van der Waals surface area contributed by atoms with Gasteiger partial charge in [-0.25, -0.2) is 21.6 Å². The topological polar surface area (TPSA) is 34.1 Å². The lowest BCUT2D eigenvalue weighted by Crippen LogP contribution is -2.04. The smallest absolute Gasteiger partial charge is 0.181 e. The summed E-state index contributed by atoms with van der Waals surface area (Å²) in [6, 6.07) is 6.58. The van der Waals surface area contributed by atoms with E-state index < -0.39 is 26.4 Å². The van der Waals surface area contributed by atoms with Crippen molar-refractivity contribution in [2.24, 2.45) is 0 Å². The van der Waals surface area contributed by atoms with Gasteiger partial charge in [0.25, 0.3) is 0 Å². The summed E-state index contributed by atoms with van der Waals surface area (Å²) in [5.74, 6) is -2.61. The molecule has 0 radical (unpaired) electrons. The standard InChI is InChI=1S/C18H13F3O2S2/c1-10-5-11(3-4-15(10)19)13-8-24-9-14(13)12-6-16(20)18(17(21)7-12)25(2,22)23/h3-9H,1-2H3. The fourth-order valence-corrected chi connectivity index (χ4v) is 4.32. The Bertz CT molecular complexity index is 1050. The van der Waals surface area contributed by atoms with Gasteiger partial charge in [-0.15, -0.1) is 0 Å². The van der Waals surface area contributed by atoms with E-state index in [9.17, 15) is 21.6 Å². The third kappa shape index (κ3) is 3.34. The summed E-state index contributed by atoms with van der Waals surface area (Å²) in [5, 5.41) is 3.50. The number of halogens is 3. The van der Waals surface area contributed by atoms with Crippen molar-refractivity contribution in [3.63, 3.8) is 0 Å². The van der Waals surface area contributed by atoms with E-state index in [0.717, 1.165) is 18.4 Å². The highest BCUT2D eigenvalue weighted by Gasteiger charge is 2.22. The molecule has 130 valence electrons. The Labute approximate surface area is 147 Å². The molecule has 1 heterocycles. The predicted octanol–water partition coefficient (Wildman–Crippen LogP) is 5.21. The highest BCUT2D eigenvalue weighted by molar-refractivity contribution is 7.90. The molecule has 0 bridgehead atoms. The molecule has 1 aromatic heterocycles. The van der Waals surface area contributed by atoms with E-state index in [1.165, 1.54) is 17.4 Å². The lowest BCUT2D eigenvalue weighted by Gasteiger charge is -2.09. The Morgan fingerprint density at radius 3 is 1.92 bits per heavy atom. The molecule has 3 aromatic rings. The molecule has 0 N–H and O–H groups in total. The zero-order chi connectivity index (χ0) is 18.4. The third-order valence-corrected chi connectivity index (χ3v) is 5.69. The van der Waals surface area contributed by atoms with Crippen LogP contribution in [0.25, 0.3) is 22.3 Å². The van der Waals surface area contributed by atoms with Crippen LogP contribution in [0.4, 0.5) is 13.2 Å². The first-order valence-electron chi connectivity index (χ1n) is 7.20. The maximum absolute atomic E-state index is 14.2. The largest absolute Gasteiger partial charge is 0.224 e. The SMILES string of the molecule is Cc1cc(-c2cscc2-c2cc(F)c(S(C)(=O)=O)c(F)c2)ccc1F. The minimum atomic E-state index is -4.01. The molecule has 0 aliphatic carbocycles. The average Bonchev–Trinajstić information content (AvgIpc) is 2.97. The van der Waals surface area contributed by atoms with Crippen molar-refractivity contribution >= 4 is 21.2 Å². The maximum Gasteiger partial charge on any atom is 0.181 e. The van der Waals surface area contributed by atoms with Crippen LogP contribution in [0.5, 0.6) is 0 Å². The maximum atomic E-state index is 14.2. The first kappa shape index (κ1) is 17.7. The molecule has 0 aliphatic heterocycles. The van der Waals surface area contributed by atoms with Gasteiger partial charge >= 0.3 is 0 Å². The Hall–Kier alpha value is -2.12. The number of hydrogen-bond donors (Lipinski definition) is 0. The monoisotopic (exact) mass is 382 g/mol. The van der Waals surface area contributed by atoms with Gasteiger partial charge in [-0.2, -0.15) is 11.3 Å². The number of aryl methyl sites for hydroxylation is 1. The van der Waals surface area contributed by atoms with E-state index in [2.05, 4.69) is 0 Å². The Balaban J connectivity index is 2.17. The van der Waals surface area contributed by atoms with Gasteiger partial charge in [0, 0.05) is 17.4 Å². The molecule has 0 atom stereocenters. The second-order valence-corrected chi connectivity index (χ2v) is 8.40. The van der Waals surface area contributed by atoms with Crippen LogP contribution in [0.3, 0.4) is 0 Å². The molecule has 25 heavy (non-hydrogen) atoms. The van der Waals surface area contributed by atoms with Gasteiger partial charge in [0.2, 0.25) is 0 Å². The van der Waals surface area contributed by atoms with Crippen molar-refractivity contribution < 1.29 is 21.6 Å². The summed E-state index contributed by atoms with van der Waals surface area (Å²) in [4.78, 5) is -0.939. The first-order valence-corrected chi connectivity index (χ1v) is 10.0. The van der Waals surface area contributed by atoms with E-state index in [1.807, 2.05) is 0 Å². The molecule has 0 aliphatic rings. The van der Waals surface area contributed by atoms with Gasteiger partial charge in [-0.1, -0.05) is 6.07 Å². The van der Waals surface area contributed by atoms with E-state index in [-0.39, 0.29) is 11.4 Å². The van der Waals surface area contributed by atoms with E-state index in [4.69, 9.17) is 0 Å². The first-order chi connectivity index (χ1) is 11.7. The van der Waals surface area contributed by atoms with Crippen LogP contribution in [-0.2, 0) is 9.84 Å². The van der Waals surface area contributed by atoms with Gasteiger partial charge in [0.1, 0.15) is 22.3 Å². The lowest BCUT2D eigenvalue weighted by atomic mass is 9.98. The van der Waals surface area contributed by atoms with Gasteiger partial charge in [0.05, 0.1) is 0 Å². The molecule has 0 fully saturated rings. The van der Waals surface area contributed by atoms with Crippen molar-refractivity contribution in [3.8, 4) is 22.3 Å². The van der Waals surface area contributed by atoms with Crippen molar-refractivity contribution in [2.75, 3.05) is 6.26 Å². The quantitative estimate of drug-likeness (QED) is 0.623. The van der Waals surface area contributed by atoms with Crippen LogP contribution in [-0.4, -0.2) is 14.7 Å². The van der Waals surface area contributed by atoms with Crippen molar-refractivity contribution in [3.05, 3.63) is 64.1 Å². The second kappa shape index (κ2) is 6.31. The van der Waals surface area contributed by atoms with Crippen molar-refractivity contribution in [2.45, 2.75) is 11.8 Å². The molecule has 0 spiro atoms. The van der Waals surface area contributed by atoms with Crippen LogP contribution < -0.4 is 0 Å². The zero-order valence-corrected chi connectivity index (χ0v) is 14.9. The minimum Gasteiger partial charge on any atom is -0.224 e. The van der Waals surface area contributed by atoms with Crippen molar-refractivity contribution in [1.29, 1.82) is 0 Å². The Kier molecular flexibility index (Phi) is 4.47. The third-order valence-electron chi connectivity index (χ3n) is 3.81. The molecule has 0 amide bonds. The van der Waals surface area contributed by atoms with Gasteiger partial charge in [0.15, 0.2) is 9.84 Å². The van der Waals surface area contributed by atoms with Gasteiger partial charge in [-0.3, -0.25) is 0 Å². The van der Waals surface area contributed by atoms with Gasteiger partial charge < -0.3 is 0 Å². The number of thiophene rings is 1. The summed E-state index contributed by atoms with van der Waals surface area (Å²) in [6.45, 7) is 1.63. The average molecular weight is 382 g/mol. The normalized spacial score (nSPS) is 11.7. The summed E-state index contributed by atoms with van der Waals surface area (Å²) in [7, 11) is -4.01. The van der Waals surface area contributed by atoms with E-state index >= 15 is 0 Å². The molecule has 7 heteroatoms. The lowest BCUT2D eigenvalue weighted by molar-refractivity contribution is 0.522. The molecular weight excluding hydrogens is 369 g/mol. The number of benzene rings is 2.